The molecule has 0 aliphatic carbocycles. The molecule has 16 heavy (non-hydrogen) atoms. The highest BCUT2D eigenvalue weighted by molar-refractivity contribution is 5.58. The van der Waals surface area contributed by atoms with E-state index in [1.165, 1.54) is 0 Å². The summed E-state index contributed by atoms with van der Waals surface area (Å²) >= 11 is 0. The molecule has 0 aromatic heterocycles. The molecule has 0 saturated heterocycles. The Balaban J connectivity index is 2.82. The molecule has 0 saturated carbocycles. The zero-order valence-corrected chi connectivity index (χ0v) is 9.40. The maximum atomic E-state index is 9.08. The quantitative estimate of drug-likeness (QED) is 0.656. The average molecular weight is 219 g/mol. The van der Waals surface area contributed by atoms with E-state index in [4.69, 9.17) is 16.1 Å². The van der Waals surface area contributed by atoms with Gasteiger partial charge in [0.15, 0.2) is 0 Å². The smallest absolute Gasteiger partial charge is 0.0670 e. The number of hydrogen-bond donors (Lipinski definition) is 3. The number of benzene rings is 1. The Bertz CT molecular complexity index is 380. The summed E-state index contributed by atoms with van der Waals surface area (Å²) in [5.41, 5.74) is 8.08. The van der Waals surface area contributed by atoms with Gasteiger partial charge >= 0.3 is 0 Å². The summed E-state index contributed by atoms with van der Waals surface area (Å²) in [6, 6.07) is 7.61. The number of anilines is 2. The number of nitrogen functional groups attached to an aromatic ring is 1. The zero-order valence-electron chi connectivity index (χ0n) is 9.40. The summed E-state index contributed by atoms with van der Waals surface area (Å²) in [6.07, 6.45) is 1.14. The lowest BCUT2D eigenvalue weighted by Crippen LogP contribution is -2.22. The molecular formula is C12H17N3O. The number of aliphatic hydroxyl groups excluding tert-OH is 1. The van der Waals surface area contributed by atoms with Crippen molar-refractivity contribution in [3.8, 4) is 6.07 Å². The normalized spacial score (nSPS) is 11.8. The fourth-order valence-corrected chi connectivity index (χ4v) is 1.45. The van der Waals surface area contributed by atoms with E-state index in [9.17, 15) is 0 Å². The minimum absolute atomic E-state index is 0.0403. The first kappa shape index (κ1) is 12.3. The Kier molecular flexibility index (Phi) is 4.62. The van der Waals surface area contributed by atoms with Crippen LogP contribution in [0.15, 0.2) is 18.2 Å². The van der Waals surface area contributed by atoms with Crippen molar-refractivity contribution in [2.24, 2.45) is 0 Å². The van der Waals surface area contributed by atoms with Crippen LogP contribution in [0.4, 0.5) is 11.4 Å². The number of nitrogens with zero attached hydrogens (tertiary/aromatic N) is 1. The molecule has 1 rings (SSSR count). The third kappa shape index (κ3) is 3.14. The molecule has 0 bridgehead atoms. The second-order valence-electron chi connectivity index (χ2n) is 3.68. The lowest BCUT2D eigenvalue weighted by Gasteiger charge is -2.16. The van der Waals surface area contributed by atoms with Crippen molar-refractivity contribution in [3.05, 3.63) is 23.8 Å². The van der Waals surface area contributed by atoms with Crippen LogP contribution < -0.4 is 11.1 Å². The van der Waals surface area contributed by atoms with Crippen molar-refractivity contribution in [2.75, 3.05) is 17.7 Å². The molecule has 0 amide bonds. The highest BCUT2D eigenvalue weighted by Crippen LogP contribution is 2.19. The van der Waals surface area contributed by atoms with E-state index in [1.807, 2.05) is 19.1 Å². The van der Waals surface area contributed by atoms with E-state index in [0.29, 0.717) is 12.1 Å². The van der Waals surface area contributed by atoms with Crippen LogP contribution in [0, 0.1) is 11.3 Å². The van der Waals surface area contributed by atoms with Crippen molar-refractivity contribution in [3.63, 3.8) is 0 Å². The molecule has 0 radical (unpaired) electrons. The SMILES string of the molecule is CCC(CO)Nc1ccc(N)c(CC#N)c1. The van der Waals surface area contributed by atoms with Crippen molar-refractivity contribution in [2.45, 2.75) is 25.8 Å². The fraction of sp³-hybridized carbons (Fsp3) is 0.417. The molecule has 4 N–H and O–H groups in total. The van der Waals surface area contributed by atoms with Gasteiger partial charge in [-0.3, -0.25) is 0 Å². The summed E-state index contributed by atoms with van der Waals surface area (Å²) in [7, 11) is 0. The largest absolute Gasteiger partial charge is 0.398 e. The Morgan fingerprint density at radius 3 is 2.88 bits per heavy atom. The van der Waals surface area contributed by atoms with Gasteiger partial charge in [-0.15, -0.1) is 0 Å². The summed E-state index contributed by atoms with van der Waals surface area (Å²) in [5.74, 6) is 0. The maximum absolute atomic E-state index is 9.08. The number of aliphatic hydroxyl groups is 1. The number of hydrogen-bond acceptors (Lipinski definition) is 4. The van der Waals surface area contributed by atoms with Gasteiger partial charge in [-0.2, -0.15) is 5.26 Å². The molecule has 1 unspecified atom stereocenters. The van der Waals surface area contributed by atoms with Crippen LogP contribution in [0.1, 0.15) is 18.9 Å². The summed E-state index contributed by atoms with van der Waals surface area (Å²) in [5, 5.41) is 20.9. The van der Waals surface area contributed by atoms with Gasteiger partial charge in [-0.1, -0.05) is 6.92 Å². The van der Waals surface area contributed by atoms with Crippen LogP contribution in [0.5, 0.6) is 0 Å². The standard InChI is InChI=1S/C12H17N3O/c1-2-10(8-16)15-11-3-4-12(14)9(7-11)5-6-13/h3-4,7,10,15-16H,2,5,8,14H2,1H3. The van der Waals surface area contributed by atoms with Gasteiger partial charge in [-0.25, -0.2) is 0 Å². The predicted octanol–water partition coefficient (Wildman–Crippen LogP) is 1.52. The third-order valence-electron chi connectivity index (χ3n) is 2.50. The van der Waals surface area contributed by atoms with Gasteiger partial charge in [-0.05, 0) is 30.2 Å². The number of nitriles is 1. The minimum atomic E-state index is 0.0403. The molecule has 0 heterocycles. The molecular weight excluding hydrogens is 202 g/mol. The summed E-state index contributed by atoms with van der Waals surface area (Å²) < 4.78 is 0. The van der Waals surface area contributed by atoms with E-state index >= 15 is 0 Å². The third-order valence-corrected chi connectivity index (χ3v) is 2.50. The Morgan fingerprint density at radius 2 is 2.31 bits per heavy atom. The topological polar surface area (TPSA) is 82.1 Å². The van der Waals surface area contributed by atoms with E-state index < -0.39 is 0 Å². The van der Waals surface area contributed by atoms with Gasteiger partial charge in [0.05, 0.1) is 19.1 Å². The summed E-state index contributed by atoms with van der Waals surface area (Å²) in [4.78, 5) is 0. The molecule has 0 spiro atoms. The van der Waals surface area contributed by atoms with Gasteiger partial charge in [0, 0.05) is 17.4 Å². The van der Waals surface area contributed by atoms with Crippen LogP contribution in [0.2, 0.25) is 0 Å². The van der Waals surface area contributed by atoms with Crippen LogP contribution >= 0.6 is 0 Å². The second kappa shape index (κ2) is 5.99. The van der Waals surface area contributed by atoms with Crippen LogP contribution in [0.25, 0.3) is 0 Å². The minimum Gasteiger partial charge on any atom is -0.398 e. The highest BCUT2D eigenvalue weighted by atomic mass is 16.3. The maximum Gasteiger partial charge on any atom is 0.0670 e. The Labute approximate surface area is 95.7 Å². The van der Waals surface area contributed by atoms with Crippen LogP contribution in [0.3, 0.4) is 0 Å². The Morgan fingerprint density at radius 1 is 1.56 bits per heavy atom. The zero-order chi connectivity index (χ0) is 12.0. The average Bonchev–Trinajstić information content (AvgIpc) is 2.30. The first-order valence-electron chi connectivity index (χ1n) is 5.34. The lowest BCUT2D eigenvalue weighted by molar-refractivity contribution is 0.272. The molecule has 4 heteroatoms. The molecule has 1 aromatic carbocycles. The van der Waals surface area contributed by atoms with Crippen molar-refractivity contribution >= 4 is 11.4 Å². The second-order valence-corrected chi connectivity index (χ2v) is 3.68. The first-order chi connectivity index (χ1) is 7.71. The van der Waals surface area contributed by atoms with E-state index in [2.05, 4.69) is 11.4 Å². The van der Waals surface area contributed by atoms with Gasteiger partial charge in [0.2, 0.25) is 0 Å². The Hall–Kier alpha value is -1.73. The van der Waals surface area contributed by atoms with Crippen LogP contribution in [-0.4, -0.2) is 17.8 Å². The number of nitrogens with one attached hydrogen (secondary N) is 1. The number of nitrogens with two attached hydrogens (primary N) is 1. The van der Waals surface area contributed by atoms with E-state index in [-0.39, 0.29) is 12.6 Å². The van der Waals surface area contributed by atoms with E-state index in [1.54, 1.807) is 6.07 Å². The molecule has 0 fully saturated rings. The van der Waals surface area contributed by atoms with Gasteiger partial charge in [0.1, 0.15) is 0 Å². The number of rotatable bonds is 5. The molecule has 0 aliphatic heterocycles. The van der Waals surface area contributed by atoms with Crippen molar-refractivity contribution < 1.29 is 5.11 Å². The van der Waals surface area contributed by atoms with Gasteiger partial charge < -0.3 is 16.2 Å². The predicted molar refractivity (Wildman–Crippen MR) is 65.0 cm³/mol. The van der Waals surface area contributed by atoms with Crippen LogP contribution in [-0.2, 0) is 6.42 Å². The monoisotopic (exact) mass is 219 g/mol. The highest BCUT2D eigenvalue weighted by Gasteiger charge is 2.06. The van der Waals surface area contributed by atoms with Gasteiger partial charge in [0.25, 0.3) is 0 Å². The molecule has 0 aliphatic rings. The fourth-order valence-electron chi connectivity index (χ4n) is 1.45. The van der Waals surface area contributed by atoms with E-state index in [0.717, 1.165) is 17.7 Å². The van der Waals surface area contributed by atoms with Crippen molar-refractivity contribution in [1.29, 1.82) is 5.26 Å². The molecule has 1 aromatic rings. The first-order valence-corrected chi connectivity index (χ1v) is 5.34. The molecule has 1 atom stereocenters. The lowest BCUT2D eigenvalue weighted by atomic mass is 10.1. The van der Waals surface area contributed by atoms with Crippen molar-refractivity contribution in [1.82, 2.24) is 0 Å². The molecule has 4 nitrogen and oxygen atoms in total. The molecule has 86 valence electrons. The summed E-state index contributed by atoms with van der Waals surface area (Å²) in [6.45, 7) is 2.09.